The largest absolute Gasteiger partial charge is 0.337 e. The highest BCUT2D eigenvalue weighted by Crippen LogP contribution is 2.25. The van der Waals surface area contributed by atoms with Crippen molar-refractivity contribution < 1.29 is 9.78 Å². The molecule has 0 saturated carbocycles. The molecule has 0 unspecified atom stereocenters. The third kappa shape index (κ3) is 6.09. The molecule has 0 amide bonds. The Bertz CT molecular complexity index is 401. The molecule has 1 aliphatic rings. The number of benzene rings is 1. The maximum absolute atomic E-state index is 5.36. The first-order valence-corrected chi connectivity index (χ1v) is 8.81. The van der Waals surface area contributed by atoms with E-state index in [-0.39, 0.29) is 0 Å². The van der Waals surface area contributed by atoms with Gasteiger partial charge in [0.2, 0.25) is 0 Å². The molecule has 1 aromatic carbocycles. The van der Waals surface area contributed by atoms with Crippen molar-refractivity contribution in [2.75, 3.05) is 6.61 Å². The van der Waals surface area contributed by atoms with E-state index in [1.54, 1.807) is 0 Å². The predicted molar refractivity (Wildman–Crippen MR) is 87.7 cm³/mol. The fraction of sp³-hybridized carbons (Fsp3) is 0.684. The smallest absolute Gasteiger partial charge is 0.168 e. The molecule has 0 atom stereocenters. The summed E-state index contributed by atoms with van der Waals surface area (Å²) < 4.78 is 0. The van der Waals surface area contributed by atoms with Gasteiger partial charge in [0.05, 0.1) is 6.61 Å². The lowest BCUT2D eigenvalue weighted by Gasteiger charge is -2.15. The average Bonchev–Trinajstić information content (AvgIpc) is 2.47. The van der Waals surface area contributed by atoms with Gasteiger partial charge in [0.1, 0.15) is 0 Å². The number of fused-ring (bicyclic) bond motifs is 1. The summed E-state index contributed by atoms with van der Waals surface area (Å²) in [4.78, 5) is 10.6. The van der Waals surface area contributed by atoms with E-state index in [1.165, 1.54) is 68.9 Å². The maximum Gasteiger partial charge on any atom is 0.168 e. The molecule has 0 N–H and O–H groups in total. The van der Waals surface area contributed by atoms with Crippen LogP contribution in [0.1, 0.15) is 75.8 Å². The van der Waals surface area contributed by atoms with E-state index in [0.717, 1.165) is 18.6 Å². The van der Waals surface area contributed by atoms with Crippen molar-refractivity contribution in [1.29, 1.82) is 0 Å². The minimum absolute atomic E-state index is 0.708. The molecular weight excluding hydrogens is 260 g/mol. The molecule has 2 rings (SSSR count). The Kier molecular flexibility index (Phi) is 7.66. The van der Waals surface area contributed by atoms with Gasteiger partial charge in [-0.05, 0) is 49.3 Å². The maximum atomic E-state index is 5.36. The zero-order valence-corrected chi connectivity index (χ0v) is 13.5. The summed E-state index contributed by atoms with van der Waals surface area (Å²) in [5, 5.41) is 0. The quantitative estimate of drug-likeness (QED) is 0.456. The second kappa shape index (κ2) is 9.83. The van der Waals surface area contributed by atoms with Crippen molar-refractivity contribution in [1.82, 2.24) is 0 Å². The molecule has 0 fully saturated rings. The van der Waals surface area contributed by atoms with Crippen LogP contribution in [0, 0.1) is 0 Å². The molecule has 0 bridgehead atoms. The van der Waals surface area contributed by atoms with Crippen molar-refractivity contribution in [3.05, 3.63) is 29.3 Å². The third-order valence-electron chi connectivity index (χ3n) is 4.27. The highest BCUT2D eigenvalue weighted by atomic mass is 17.2. The van der Waals surface area contributed by atoms with Gasteiger partial charge in [0.25, 0.3) is 0 Å². The molecule has 1 aromatic rings. The molecule has 2 heteroatoms. The van der Waals surface area contributed by atoms with Gasteiger partial charge in [-0.1, -0.05) is 57.6 Å². The van der Waals surface area contributed by atoms with Gasteiger partial charge in [0.15, 0.2) is 5.75 Å². The molecule has 0 aromatic heterocycles. The van der Waals surface area contributed by atoms with Crippen LogP contribution in [0.15, 0.2) is 18.2 Å². The van der Waals surface area contributed by atoms with Gasteiger partial charge in [0, 0.05) is 0 Å². The van der Waals surface area contributed by atoms with Crippen molar-refractivity contribution in [3.8, 4) is 5.75 Å². The van der Waals surface area contributed by atoms with Crippen LogP contribution in [0.25, 0.3) is 0 Å². The fourth-order valence-corrected chi connectivity index (χ4v) is 2.93. The topological polar surface area (TPSA) is 18.5 Å². The Balaban J connectivity index is 1.72. The van der Waals surface area contributed by atoms with Crippen LogP contribution < -0.4 is 4.89 Å². The minimum atomic E-state index is 0.708. The normalized spacial score (nSPS) is 14.9. The van der Waals surface area contributed by atoms with Gasteiger partial charge in [-0.25, -0.2) is 0 Å². The predicted octanol–water partition coefficient (Wildman–Crippen LogP) is 5.63. The number of rotatable bonds is 8. The van der Waals surface area contributed by atoms with E-state index in [1.807, 2.05) is 0 Å². The highest BCUT2D eigenvalue weighted by Gasteiger charge is 2.09. The highest BCUT2D eigenvalue weighted by molar-refractivity contribution is 5.37. The monoisotopic (exact) mass is 290 g/mol. The van der Waals surface area contributed by atoms with Crippen molar-refractivity contribution >= 4 is 0 Å². The van der Waals surface area contributed by atoms with E-state index < -0.39 is 0 Å². The molecular formula is C19H30O2. The van der Waals surface area contributed by atoms with E-state index in [0.29, 0.717) is 6.61 Å². The third-order valence-corrected chi connectivity index (χ3v) is 4.27. The molecule has 0 aliphatic carbocycles. The van der Waals surface area contributed by atoms with Gasteiger partial charge < -0.3 is 4.89 Å². The minimum Gasteiger partial charge on any atom is -0.337 e. The second-order valence-electron chi connectivity index (χ2n) is 6.18. The van der Waals surface area contributed by atoms with Crippen molar-refractivity contribution in [3.63, 3.8) is 0 Å². The van der Waals surface area contributed by atoms with E-state index in [4.69, 9.17) is 9.78 Å². The molecule has 1 aliphatic heterocycles. The zero-order valence-electron chi connectivity index (χ0n) is 13.5. The average molecular weight is 290 g/mol. The number of aryl methyl sites for hydroxylation is 2. The summed E-state index contributed by atoms with van der Waals surface area (Å²) >= 11 is 0. The van der Waals surface area contributed by atoms with Crippen molar-refractivity contribution in [2.45, 2.75) is 77.6 Å². The zero-order chi connectivity index (χ0) is 14.8. The Morgan fingerprint density at radius 1 is 0.952 bits per heavy atom. The molecule has 2 nitrogen and oxygen atoms in total. The van der Waals surface area contributed by atoms with Gasteiger partial charge >= 0.3 is 0 Å². The Labute approximate surface area is 129 Å². The molecule has 118 valence electrons. The lowest BCUT2D eigenvalue weighted by Crippen LogP contribution is -2.06. The summed E-state index contributed by atoms with van der Waals surface area (Å²) in [6.07, 6.45) is 14.2. The van der Waals surface area contributed by atoms with Gasteiger partial charge in [-0.3, -0.25) is 0 Å². The van der Waals surface area contributed by atoms with Crippen LogP contribution >= 0.6 is 0 Å². The van der Waals surface area contributed by atoms with E-state index >= 15 is 0 Å². The van der Waals surface area contributed by atoms with Crippen LogP contribution in [0.4, 0.5) is 0 Å². The lowest BCUT2D eigenvalue weighted by atomic mass is 10.00. The molecule has 1 heterocycles. The molecule has 0 radical (unpaired) electrons. The summed E-state index contributed by atoms with van der Waals surface area (Å²) in [6, 6.07) is 6.60. The SMILES string of the molecule is CCCCCCCCCc1ccc2c(c1)CCCCOO2. The molecule has 0 spiro atoms. The summed E-state index contributed by atoms with van der Waals surface area (Å²) in [6.45, 7) is 2.98. The number of hydrogen-bond acceptors (Lipinski definition) is 2. The number of hydrogen-bond donors (Lipinski definition) is 0. The van der Waals surface area contributed by atoms with Crippen LogP contribution in [-0.2, 0) is 17.7 Å². The Morgan fingerprint density at radius 2 is 1.76 bits per heavy atom. The lowest BCUT2D eigenvalue weighted by molar-refractivity contribution is -0.209. The summed E-state index contributed by atoms with van der Waals surface area (Å²) in [5.41, 5.74) is 2.77. The van der Waals surface area contributed by atoms with Crippen LogP contribution in [-0.4, -0.2) is 6.61 Å². The summed E-state index contributed by atoms with van der Waals surface area (Å²) in [5.74, 6) is 0.915. The van der Waals surface area contributed by atoms with E-state index in [2.05, 4.69) is 25.1 Å². The fourth-order valence-electron chi connectivity index (χ4n) is 2.93. The van der Waals surface area contributed by atoms with Crippen LogP contribution in [0.2, 0.25) is 0 Å². The Hall–Kier alpha value is -1.02. The number of unbranched alkanes of at least 4 members (excludes halogenated alkanes) is 6. The second-order valence-corrected chi connectivity index (χ2v) is 6.18. The van der Waals surface area contributed by atoms with Crippen LogP contribution in [0.5, 0.6) is 5.75 Å². The Morgan fingerprint density at radius 3 is 2.62 bits per heavy atom. The molecule has 21 heavy (non-hydrogen) atoms. The first kappa shape index (κ1) is 16.4. The van der Waals surface area contributed by atoms with Gasteiger partial charge in [-0.15, -0.1) is 0 Å². The van der Waals surface area contributed by atoms with Crippen LogP contribution in [0.3, 0.4) is 0 Å². The summed E-state index contributed by atoms with van der Waals surface area (Å²) in [7, 11) is 0. The first-order chi connectivity index (χ1) is 10.4. The molecule has 0 saturated heterocycles. The van der Waals surface area contributed by atoms with Gasteiger partial charge in [-0.2, -0.15) is 4.89 Å². The van der Waals surface area contributed by atoms with E-state index in [9.17, 15) is 0 Å². The first-order valence-electron chi connectivity index (χ1n) is 8.81. The van der Waals surface area contributed by atoms with Crippen molar-refractivity contribution in [2.24, 2.45) is 0 Å². The standard InChI is InChI=1S/C19H30O2/c1-2-3-4-5-6-7-8-11-17-13-14-19-18(16-17)12-9-10-15-20-21-19/h13-14,16H,2-12,15H2,1H3.